The van der Waals surface area contributed by atoms with Gasteiger partial charge in [0.2, 0.25) is 0 Å². The molecule has 0 fully saturated rings. The van der Waals surface area contributed by atoms with Crippen molar-refractivity contribution in [3.05, 3.63) is 54.4 Å². The van der Waals surface area contributed by atoms with E-state index in [0.29, 0.717) is 5.92 Å². The lowest BCUT2D eigenvalue weighted by atomic mass is 10.2. The second-order valence-corrected chi connectivity index (χ2v) is 5.87. The van der Waals surface area contributed by atoms with E-state index in [-0.39, 0.29) is 0 Å². The molecule has 0 bridgehead atoms. The monoisotopic (exact) mass is 313 g/mol. The van der Waals surface area contributed by atoms with E-state index < -0.39 is 0 Å². The van der Waals surface area contributed by atoms with Gasteiger partial charge in [-0.15, -0.1) is 0 Å². The van der Waals surface area contributed by atoms with Crippen molar-refractivity contribution in [1.82, 2.24) is 20.0 Å². The van der Waals surface area contributed by atoms with Crippen LogP contribution >= 0.6 is 0 Å². The summed E-state index contributed by atoms with van der Waals surface area (Å²) in [4.78, 5) is 6.95. The summed E-state index contributed by atoms with van der Waals surface area (Å²) < 4.78 is 1.96. The van der Waals surface area contributed by atoms with Gasteiger partial charge >= 0.3 is 0 Å². The van der Waals surface area contributed by atoms with Gasteiger partial charge in [0.1, 0.15) is 0 Å². The number of aromatic nitrogens is 2. The number of benzene rings is 1. The van der Waals surface area contributed by atoms with Gasteiger partial charge in [-0.25, -0.2) is 0 Å². The van der Waals surface area contributed by atoms with Crippen molar-refractivity contribution in [2.45, 2.75) is 26.9 Å². The zero-order chi connectivity index (χ0) is 16.5. The quantitative estimate of drug-likeness (QED) is 0.631. The van der Waals surface area contributed by atoms with Crippen LogP contribution in [0.2, 0.25) is 0 Å². The predicted molar refractivity (Wildman–Crippen MR) is 95.3 cm³/mol. The molecule has 0 aliphatic carbocycles. The lowest BCUT2D eigenvalue weighted by molar-refractivity contribution is 0.444. The molecule has 1 unspecified atom stereocenters. The number of nitrogens with zero attached hydrogens (tertiary/aromatic N) is 4. The Morgan fingerprint density at radius 1 is 1.30 bits per heavy atom. The topological polar surface area (TPSA) is 45.5 Å². The summed E-state index contributed by atoms with van der Waals surface area (Å²) in [5, 5.41) is 7.62. The molecule has 1 aromatic heterocycles. The Kier molecular flexibility index (Phi) is 6.66. The van der Waals surface area contributed by atoms with Gasteiger partial charge in [-0.2, -0.15) is 5.10 Å². The van der Waals surface area contributed by atoms with Crippen LogP contribution in [0.1, 0.15) is 19.4 Å². The summed E-state index contributed by atoms with van der Waals surface area (Å²) in [6.45, 7) is 7.68. The zero-order valence-corrected chi connectivity index (χ0v) is 14.3. The SMILES string of the molecule is CCNC(=NCC(C)Cn1cccn1)N(C)Cc1ccccc1. The Labute approximate surface area is 139 Å². The van der Waals surface area contributed by atoms with E-state index in [1.54, 1.807) is 0 Å². The highest BCUT2D eigenvalue weighted by molar-refractivity contribution is 5.79. The second-order valence-electron chi connectivity index (χ2n) is 5.87. The molecule has 0 saturated heterocycles. The standard InChI is InChI=1S/C18H27N5/c1-4-19-18(22(3)15-17-9-6-5-7-10-17)20-13-16(2)14-23-12-8-11-21-23/h5-12,16H,4,13-15H2,1-3H3,(H,19,20). The van der Waals surface area contributed by atoms with E-state index in [4.69, 9.17) is 4.99 Å². The molecule has 0 saturated carbocycles. The van der Waals surface area contributed by atoms with Crippen LogP contribution in [-0.2, 0) is 13.1 Å². The van der Waals surface area contributed by atoms with E-state index in [1.807, 2.05) is 29.2 Å². The van der Waals surface area contributed by atoms with Crippen LogP contribution in [0.15, 0.2) is 53.8 Å². The Morgan fingerprint density at radius 2 is 2.09 bits per heavy atom. The third-order valence-electron chi connectivity index (χ3n) is 3.57. The first kappa shape index (κ1) is 17.1. The number of hydrogen-bond acceptors (Lipinski definition) is 2. The lowest BCUT2D eigenvalue weighted by Gasteiger charge is -2.22. The van der Waals surface area contributed by atoms with Crippen LogP contribution in [0.25, 0.3) is 0 Å². The first-order chi connectivity index (χ1) is 11.2. The molecule has 23 heavy (non-hydrogen) atoms. The molecule has 0 radical (unpaired) electrons. The lowest BCUT2D eigenvalue weighted by Crippen LogP contribution is -2.38. The number of aliphatic imine (C=N–C) groups is 1. The van der Waals surface area contributed by atoms with Gasteiger partial charge in [-0.1, -0.05) is 37.3 Å². The van der Waals surface area contributed by atoms with E-state index in [9.17, 15) is 0 Å². The summed E-state index contributed by atoms with van der Waals surface area (Å²) >= 11 is 0. The fraction of sp³-hybridized carbons (Fsp3) is 0.444. The largest absolute Gasteiger partial charge is 0.357 e. The molecule has 5 nitrogen and oxygen atoms in total. The van der Waals surface area contributed by atoms with Crippen LogP contribution in [0.5, 0.6) is 0 Å². The summed E-state index contributed by atoms with van der Waals surface area (Å²) in [7, 11) is 2.08. The molecule has 0 amide bonds. The van der Waals surface area contributed by atoms with Crippen molar-refractivity contribution in [3.8, 4) is 0 Å². The van der Waals surface area contributed by atoms with Crippen molar-refractivity contribution < 1.29 is 0 Å². The molecule has 1 aromatic carbocycles. The number of nitrogens with one attached hydrogen (secondary N) is 1. The second kappa shape index (κ2) is 8.98. The summed E-state index contributed by atoms with van der Waals surface area (Å²) in [5.41, 5.74) is 1.28. The molecular weight excluding hydrogens is 286 g/mol. The fourth-order valence-corrected chi connectivity index (χ4v) is 2.43. The van der Waals surface area contributed by atoms with Crippen molar-refractivity contribution in [1.29, 1.82) is 0 Å². The summed E-state index contributed by atoms with van der Waals surface area (Å²) in [6.07, 6.45) is 3.81. The molecule has 2 aromatic rings. The molecule has 1 atom stereocenters. The van der Waals surface area contributed by atoms with Gasteiger partial charge in [0, 0.05) is 45.6 Å². The van der Waals surface area contributed by atoms with Crippen molar-refractivity contribution >= 4 is 5.96 Å². The van der Waals surface area contributed by atoms with Crippen LogP contribution < -0.4 is 5.32 Å². The maximum absolute atomic E-state index is 4.78. The fourth-order valence-electron chi connectivity index (χ4n) is 2.43. The Bertz CT molecular complexity index is 577. The van der Waals surface area contributed by atoms with Gasteiger partial charge in [0.05, 0.1) is 0 Å². The Balaban J connectivity index is 1.93. The first-order valence-corrected chi connectivity index (χ1v) is 8.19. The van der Waals surface area contributed by atoms with Gasteiger partial charge in [0.25, 0.3) is 0 Å². The summed E-state index contributed by atoms with van der Waals surface area (Å²) in [5.74, 6) is 1.39. The van der Waals surface area contributed by atoms with Crippen LogP contribution in [0.3, 0.4) is 0 Å². The van der Waals surface area contributed by atoms with E-state index >= 15 is 0 Å². The van der Waals surface area contributed by atoms with Crippen LogP contribution in [-0.4, -0.2) is 40.8 Å². The number of rotatable bonds is 7. The Morgan fingerprint density at radius 3 is 2.74 bits per heavy atom. The third-order valence-corrected chi connectivity index (χ3v) is 3.57. The Hall–Kier alpha value is -2.30. The maximum atomic E-state index is 4.78. The summed E-state index contributed by atoms with van der Waals surface area (Å²) in [6, 6.07) is 12.4. The van der Waals surface area contributed by atoms with Crippen molar-refractivity contribution in [2.75, 3.05) is 20.1 Å². The van der Waals surface area contributed by atoms with Gasteiger partial charge in [-0.3, -0.25) is 9.67 Å². The van der Waals surface area contributed by atoms with Gasteiger partial charge in [-0.05, 0) is 24.5 Å². The van der Waals surface area contributed by atoms with E-state index in [1.165, 1.54) is 5.56 Å². The van der Waals surface area contributed by atoms with Gasteiger partial charge < -0.3 is 10.2 Å². The van der Waals surface area contributed by atoms with E-state index in [0.717, 1.165) is 32.1 Å². The molecule has 5 heteroatoms. The smallest absolute Gasteiger partial charge is 0.193 e. The normalized spacial score (nSPS) is 12.9. The van der Waals surface area contributed by atoms with Crippen molar-refractivity contribution in [3.63, 3.8) is 0 Å². The zero-order valence-electron chi connectivity index (χ0n) is 14.3. The van der Waals surface area contributed by atoms with Gasteiger partial charge in [0.15, 0.2) is 5.96 Å². The molecule has 1 N–H and O–H groups in total. The van der Waals surface area contributed by atoms with Crippen molar-refractivity contribution in [2.24, 2.45) is 10.9 Å². The van der Waals surface area contributed by atoms with E-state index in [2.05, 4.69) is 60.5 Å². The molecule has 0 spiro atoms. The minimum Gasteiger partial charge on any atom is -0.357 e. The molecule has 0 aliphatic heterocycles. The van der Waals surface area contributed by atoms with Crippen LogP contribution in [0, 0.1) is 5.92 Å². The highest BCUT2D eigenvalue weighted by Crippen LogP contribution is 2.05. The number of guanidine groups is 1. The third kappa shape index (κ3) is 5.77. The highest BCUT2D eigenvalue weighted by Gasteiger charge is 2.08. The minimum atomic E-state index is 0.439. The van der Waals surface area contributed by atoms with Crippen LogP contribution in [0.4, 0.5) is 0 Å². The number of hydrogen-bond donors (Lipinski definition) is 1. The first-order valence-electron chi connectivity index (χ1n) is 8.19. The maximum Gasteiger partial charge on any atom is 0.193 e. The minimum absolute atomic E-state index is 0.439. The molecule has 1 heterocycles. The highest BCUT2D eigenvalue weighted by atomic mass is 15.3. The average molecular weight is 313 g/mol. The molecule has 124 valence electrons. The predicted octanol–water partition coefficient (Wildman–Crippen LogP) is 2.62. The molecular formula is C18H27N5. The average Bonchev–Trinajstić information content (AvgIpc) is 3.05. The molecule has 2 rings (SSSR count). The molecule has 0 aliphatic rings.